The number of nitrogens with two attached hydrogens (primary N) is 1. The zero-order valence-corrected chi connectivity index (χ0v) is 10.5. The van der Waals surface area contributed by atoms with Crippen molar-refractivity contribution in [2.75, 3.05) is 12.3 Å². The molecule has 1 aromatic carbocycles. The minimum atomic E-state index is 0.107. The normalized spacial score (nSPS) is 10.1. The van der Waals surface area contributed by atoms with E-state index in [0.717, 1.165) is 0 Å². The van der Waals surface area contributed by atoms with Gasteiger partial charge in [-0.25, -0.2) is 4.98 Å². The fraction of sp³-hybridized carbons (Fsp3) is 0.167. The zero-order chi connectivity index (χ0) is 13.0. The summed E-state index contributed by atoms with van der Waals surface area (Å²) in [6.07, 6.45) is 1.39. The molecule has 5 nitrogen and oxygen atoms in total. The number of nitrogen functional groups attached to an aromatic ring is 1. The fourth-order valence-electron chi connectivity index (χ4n) is 1.34. The van der Waals surface area contributed by atoms with Gasteiger partial charge in [0.2, 0.25) is 11.8 Å². The molecular formula is C12H12ClN3O2. The molecule has 2 aromatic rings. The smallest absolute Gasteiger partial charge is 0.243 e. The first-order valence-corrected chi connectivity index (χ1v) is 5.75. The molecule has 18 heavy (non-hydrogen) atoms. The number of ether oxygens (including phenoxy) is 2. The third-order valence-electron chi connectivity index (χ3n) is 2.06. The summed E-state index contributed by atoms with van der Waals surface area (Å²) in [7, 11) is 0. The molecule has 0 radical (unpaired) electrons. The predicted molar refractivity (Wildman–Crippen MR) is 69.1 cm³/mol. The molecule has 0 aliphatic carbocycles. The topological polar surface area (TPSA) is 70.3 Å². The van der Waals surface area contributed by atoms with Crippen LogP contribution >= 0.6 is 11.6 Å². The van der Waals surface area contributed by atoms with E-state index in [4.69, 9.17) is 26.8 Å². The van der Waals surface area contributed by atoms with Crippen molar-refractivity contribution < 1.29 is 9.47 Å². The van der Waals surface area contributed by atoms with Gasteiger partial charge in [-0.15, -0.1) is 0 Å². The van der Waals surface area contributed by atoms with Crippen molar-refractivity contribution >= 4 is 17.5 Å². The van der Waals surface area contributed by atoms with E-state index in [-0.39, 0.29) is 11.8 Å². The van der Waals surface area contributed by atoms with Crippen LogP contribution in [0.15, 0.2) is 30.5 Å². The summed E-state index contributed by atoms with van der Waals surface area (Å²) in [5, 5.41) is 0.297. The molecule has 0 atom stereocenters. The first-order valence-electron chi connectivity index (χ1n) is 5.37. The summed E-state index contributed by atoms with van der Waals surface area (Å²) in [5.41, 5.74) is 5.47. The lowest BCUT2D eigenvalue weighted by molar-refractivity contribution is 0.338. The van der Waals surface area contributed by atoms with Crippen LogP contribution in [0.4, 0.5) is 5.95 Å². The van der Waals surface area contributed by atoms with E-state index in [9.17, 15) is 0 Å². The van der Waals surface area contributed by atoms with Gasteiger partial charge in [0.05, 0.1) is 12.8 Å². The molecule has 2 rings (SSSR count). The Bertz CT molecular complexity index is 549. The third kappa shape index (κ3) is 3.01. The molecule has 0 saturated carbocycles. The van der Waals surface area contributed by atoms with Crippen LogP contribution in [0.1, 0.15) is 6.92 Å². The summed E-state index contributed by atoms with van der Waals surface area (Å²) >= 11 is 5.91. The van der Waals surface area contributed by atoms with Crippen LogP contribution in [0.25, 0.3) is 0 Å². The predicted octanol–water partition coefficient (Wildman–Crippen LogP) is 2.90. The van der Waals surface area contributed by atoms with Crippen LogP contribution in [0.3, 0.4) is 0 Å². The average molecular weight is 266 g/mol. The van der Waals surface area contributed by atoms with Gasteiger partial charge in [-0.1, -0.05) is 17.7 Å². The Balaban J connectivity index is 2.22. The average Bonchev–Trinajstić information content (AvgIpc) is 2.35. The maximum atomic E-state index is 5.91. The lowest BCUT2D eigenvalue weighted by atomic mass is 10.3. The number of halogens is 1. The number of nitrogens with zero attached hydrogens (tertiary/aromatic N) is 2. The standard InChI is InChI=1S/C12H12ClN3O2/c1-2-17-8-4-3-5-9(6-8)18-11-10(13)7-15-12(14)16-11/h3-7H,2H2,1H3,(H2,14,15,16). The minimum absolute atomic E-state index is 0.107. The van der Waals surface area contributed by atoms with Gasteiger partial charge in [0, 0.05) is 6.07 Å². The molecule has 0 bridgehead atoms. The summed E-state index contributed by atoms with van der Waals surface area (Å²) in [6, 6.07) is 7.18. The molecular weight excluding hydrogens is 254 g/mol. The Morgan fingerprint density at radius 3 is 2.89 bits per heavy atom. The number of aromatic nitrogens is 2. The molecule has 0 saturated heterocycles. The second-order valence-corrected chi connectivity index (χ2v) is 3.80. The van der Waals surface area contributed by atoms with E-state index in [1.54, 1.807) is 12.1 Å². The van der Waals surface area contributed by atoms with Gasteiger partial charge in [0.15, 0.2) is 0 Å². The highest BCUT2D eigenvalue weighted by Crippen LogP contribution is 2.28. The van der Waals surface area contributed by atoms with Gasteiger partial charge in [0.25, 0.3) is 0 Å². The summed E-state index contributed by atoms with van der Waals surface area (Å²) in [5.74, 6) is 1.61. The monoisotopic (exact) mass is 265 g/mol. The highest BCUT2D eigenvalue weighted by atomic mass is 35.5. The molecule has 0 spiro atoms. The van der Waals surface area contributed by atoms with E-state index >= 15 is 0 Å². The van der Waals surface area contributed by atoms with Gasteiger partial charge >= 0.3 is 0 Å². The summed E-state index contributed by atoms with van der Waals surface area (Å²) in [6.45, 7) is 2.50. The van der Waals surface area contributed by atoms with Crippen molar-refractivity contribution in [1.29, 1.82) is 0 Å². The van der Waals surface area contributed by atoms with Crippen LogP contribution in [0, 0.1) is 0 Å². The highest BCUT2D eigenvalue weighted by molar-refractivity contribution is 6.31. The van der Waals surface area contributed by atoms with Crippen LogP contribution < -0.4 is 15.2 Å². The Labute approximate surface area is 110 Å². The van der Waals surface area contributed by atoms with E-state index in [1.807, 2.05) is 19.1 Å². The van der Waals surface area contributed by atoms with Crippen molar-refractivity contribution in [3.63, 3.8) is 0 Å². The molecule has 94 valence electrons. The van der Waals surface area contributed by atoms with E-state index in [2.05, 4.69) is 9.97 Å². The van der Waals surface area contributed by atoms with Crippen molar-refractivity contribution in [3.8, 4) is 17.4 Å². The van der Waals surface area contributed by atoms with Crippen LogP contribution in [-0.4, -0.2) is 16.6 Å². The van der Waals surface area contributed by atoms with E-state index < -0.39 is 0 Å². The fourth-order valence-corrected chi connectivity index (χ4v) is 1.47. The van der Waals surface area contributed by atoms with Gasteiger partial charge in [-0.05, 0) is 19.1 Å². The second kappa shape index (κ2) is 5.55. The first kappa shape index (κ1) is 12.4. The molecule has 0 fully saturated rings. The number of hydrogen-bond donors (Lipinski definition) is 1. The van der Waals surface area contributed by atoms with Gasteiger partial charge < -0.3 is 15.2 Å². The highest BCUT2D eigenvalue weighted by Gasteiger charge is 2.07. The van der Waals surface area contributed by atoms with Crippen molar-refractivity contribution in [3.05, 3.63) is 35.5 Å². The maximum Gasteiger partial charge on any atom is 0.243 e. The number of rotatable bonds is 4. The van der Waals surface area contributed by atoms with Crippen molar-refractivity contribution in [1.82, 2.24) is 9.97 Å². The molecule has 0 amide bonds. The third-order valence-corrected chi connectivity index (χ3v) is 2.32. The van der Waals surface area contributed by atoms with Gasteiger partial charge in [0.1, 0.15) is 16.5 Å². The molecule has 1 heterocycles. The van der Waals surface area contributed by atoms with Crippen LogP contribution in [0.2, 0.25) is 5.02 Å². The zero-order valence-electron chi connectivity index (χ0n) is 9.76. The Morgan fingerprint density at radius 2 is 2.11 bits per heavy atom. The molecule has 0 aliphatic rings. The minimum Gasteiger partial charge on any atom is -0.494 e. The van der Waals surface area contributed by atoms with E-state index in [1.165, 1.54) is 6.20 Å². The number of anilines is 1. The lowest BCUT2D eigenvalue weighted by Gasteiger charge is -2.08. The Morgan fingerprint density at radius 1 is 1.33 bits per heavy atom. The van der Waals surface area contributed by atoms with Crippen molar-refractivity contribution in [2.24, 2.45) is 0 Å². The largest absolute Gasteiger partial charge is 0.494 e. The van der Waals surface area contributed by atoms with Gasteiger partial charge in [-0.2, -0.15) is 4.98 Å². The first-order chi connectivity index (χ1) is 8.69. The Hall–Kier alpha value is -2.01. The number of benzene rings is 1. The molecule has 1 aromatic heterocycles. The van der Waals surface area contributed by atoms with Crippen LogP contribution in [-0.2, 0) is 0 Å². The summed E-state index contributed by atoms with van der Waals surface area (Å²) < 4.78 is 10.9. The van der Waals surface area contributed by atoms with Crippen LogP contribution in [0.5, 0.6) is 17.4 Å². The second-order valence-electron chi connectivity index (χ2n) is 3.39. The quantitative estimate of drug-likeness (QED) is 0.920. The van der Waals surface area contributed by atoms with Crippen molar-refractivity contribution in [2.45, 2.75) is 6.92 Å². The summed E-state index contributed by atoms with van der Waals surface area (Å²) in [4.78, 5) is 7.67. The van der Waals surface area contributed by atoms with E-state index in [0.29, 0.717) is 23.1 Å². The van der Waals surface area contributed by atoms with Gasteiger partial charge in [-0.3, -0.25) is 0 Å². The molecule has 0 aliphatic heterocycles. The lowest BCUT2D eigenvalue weighted by Crippen LogP contribution is -1.97. The molecule has 0 unspecified atom stereocenters. The SMILES string of the molecule is CCOc1cccc(Oc2nc(N)ncc2Cl)c1. The Kier molecular flexibility index (Phi) is 3.84. The molecule has 6 heteroatoms. The maximum absolute atomic E-state index is 5.91. The molecule has 2 N–H and O–H groups in total. The number of hydrogen-bond acceptors (Lipinski definition) is 5.